The van der Waals surface area contributed by atoms with Gasteiger partial charge in [-0.05, 0) is 37.1 Å². The summed E-state index contributed by atoms with van der Waals surface area (Å²) >= 11 is 24.9. The molecule has 1 aliphatic heterocycles. The second-order valence-electron chi connectivity index (χ2n) is 7.78. The van der Waals surface area contributed by atoms with Gasteiger partial charge in [0.25, 0.3) is 5.91 Å². The number of hydrogen-bond donors (Lipinski definition) is 1. The van der Waals surface area contributed by atoms with Gasteiger partial charge in [0.1, 0.15) is 4.90 Å². The first kappa shape index (κ1) is 25.3. The van der Waals surface area contributed by atoms with Crippen molar-refractivity contribution in [3.05, 3.63) is 73.8 Å². The molecule has 2 aromatic carbocycles. The van der Waals surface area contributed by atoms with Gasteiger partial charge in [0, 0.05) is 41.0 Å². The Bertz CT molecular complexity index is 1320. The molecule has 180 valence electrons. The normalized spacial score (nSPS) is 14.8. The van der Waals surface area contributed by atoms with Gasteiger partial charge in [-0.25, -0.2) is 8.42 Å². The minimum absolute atomic E-state index is 0.0228. The molecule has 1 aromatic heterocycles. The molecule has 0 spiro atoms. The fourth-order valence-electron chi connectivity index (χ4n) is 3.69. The van der Waals surface area contributed by atoms with Crippen LogP contribution in [0.4, 0.5) is 5.82 Å². The molecule has 4 rings (SSSR count). The Kier molecular flexibility index (Phi) is 7.76. The summed E-state index contributed by atoms with van der Waals surface area (Å²) in [5, 5.41) is 7.96. The van der Waals surface area contributed by atoms with Crippen LogP contribution in [0.3, 0.4) is 0 Å². The van der Waals surface area contributed by atoms with E-state index in [4.69, 9.17) is 46.4 Å². The molecule has 1 N–H and O–H groups in total. The minimum Gasteiger partial charge on any atom is -0.305 e. The zero-order valence-electron chi connectivity index (χ0n) is 17.8. The Morgan fingerprint density at radius 2 is 1.62 bits per heavy atom. The van der Waals surface area contributed by atoms with Gasteiger partial charge in [-0.3, -0.25) is 9.48 Å². The lowest BCUT2D eigenvalue weighted by Crippen LogP contribution is -2.35. The molecule has 0 unspecified atom stereocenters. The fourth-order valence-corrected chi connectivity index (χ4v) is 6.56. The lowest BCUT2D eigenvalue weighted by atomic mass is 10.2. The van der Waals surface area contributed by atoms with Crippen molar-refractivity contribution in [3.63, 3.8) is 0 Å². The van der Waals surface area contributed by atoms with Crippen LogP contribution in [0.2, 0.25) is 20.1 Å². The molecule has 3 aromatic rings. The van der Waals surface area contributed by atoms with Crippen LogP contribution >= 0.6 is 46.4 Å². The molecular weight excluding hydrogens is 542 g/mol. The average molecular weight is 562 g/mol. The molecule has 1 saturated heterocycles. The van der Waals surface area contributed by atoms with Gasteiger partial charge in [0.15, 0.2) is 5.82 Å². The van der Waals surface area contributed by atoms with E-state index in [0.717, 1.165) is 19.3 Å². The van der Waals surface area contributed by atoms with Crippen LogP contribution in [0, 0.1) is 0 Å². The zero-order chi connectivity index (χ0) is 24.5. The quantitative estimate of drug-likeness (QED) is 0.401. The van der Waals surface area contributed by atoms with Crippen molar-refractivity contribution in [1.29, 1.82) is 0 Å². The Morgan fingerprint density at radius 1 is 0.941 bits per heavy atom. The molecule has 34 heavy (non-hydrogen) atoms. The van der Waals surface area contributed by atoms with E-state index in [-0.39, 0.29) is 26.3 Å². The lowest BCUT2D eigenvalue weighted by Gasteiger charge is -2.26. The highest BCUT2D eigenvalue weighted by Gasteiger charge is 2.30. The maximum absolute atomic E-state index is 13.1. The number of carbonyl (C=O) groups excluding carboxylic acids is 1. The van der Waals surface area contributed by atoms with Crippen LogP contribution in [-0.4, -0.2) is 41.5 Å². The maximum Gasteiger partial charge on any atom is 0.258 e. The molecule has 0 atom stereocenters. The molecule has 1 aliphatic rings. The van der Waals surface area contributed by atoms with Gasteiger partial charge in [0.05, 0.1) is 22.2 Å². The predicted molar refractivity (Wildman–Crippen MR) is 135 cm³/mol. The number of benzene rings is 2. The van der Waals surface area contributed by atoms with E-state index >= 15 is 0 Å². The van der Waals surface area contributed by atoms with Crippen LogP contribution in [0.15, 0.2) is 47.5 Å². The number of sulfonamides is 1. The molecule has 7 nitrogen and oxygen atoms in total. The number of carbonyl (C=O) groups is 1. The van der Waals surface area contributed by atoms with Crippen molar-refractivity contribution in [2.45, 2.75) is 30.7 Å². The van der Waals surface area contributed by atoms with E-state index in [2.05, 4.69) is 10.4 Å². The number of nitrogens with zero attached hydrogens (tertiary/aromatic N) is 3. The summed E-state index contributed by atoms with van der Waals surface area (Å²) in [6, 6.07) is 9.29. The van der Waals surface area contributed by atoms with Gasteiger partial charge in [0.2, 0.25) is 10.0 Å². The van der Waals surface area contributed by atoms with Gasteiger partial charge in [-0.2, -0.15) is 9.40 Å². The molecule has 1 fully saturated rings. The molecule has 0 aliphatic carbocycles. The topological polar surface area (TPSA) is 84.3 Å². The van der Waals surface area contributed by atoms with Crippen molar-refractivity contribution >= 4 is 68.2 Å². The molecule has 12 heteroatoms. The number of nitrogens with one attached hydrogen (secondary N) is 1. The van der Waals surface area contributed by atoms with E-state index in [1.165, 1.54) is 16.4 Å². The summed E-state index contributed by atoms with van der Waals surface area (Å²) in [7, 11) is -3.86. The van der Waals surface area contributed by atoms with Crippen LogP contribution < -0.4 is 5.32 Å². The minimum atomic E-state index is -3.86. The first-order valence-corrected chi connectivity index (χ1v) is 13.4. The molecule has 2 heterocycles. The summed E-state index contributed by atoms with van der Waals surface area (Å²) in [5.74, 6) is -0.364. The van der Waals surface area contributed by atoms with Crippen molar-refractivity contribution in [2.24, 2.45) is 0 Å². The van der Waals surface area contributed by atoms with E-state index in [9.17, 15) is 13.2 Å². The van der Waals surface area contributed by atoms with E-state index in [0.29, 0.717) is 35.2 Å². The Morgan fingerprint density at radius 3 is 2.29 bits per heavy atom. The van der Waals surface area contributed by atoms with Crippen molar-refractivity contribution in [2.75, 3.05) is 18.4 Å². The highest BCUT2D eigenvalue weighted by molar-refractivity contribution is 7.89. The smallest absolute Gasteiger partial charge is 0.258 e. The number of aromatic nitrogens is 2. The van der Waals surface area contributed by atoms with Crippen LogP contribution in [0.5, 0.6) is 0 Å². The number of amides is 1. The molecule has 0 saturated carbocycles. The van der Waals surface area contributed by atoms with Gasteiger partial charge < -0.3 is 5.32 Å². The second kappa shape index (κ2) is 10.4. The highest BCUT2D eigenvalue weighted by Crippen LogP contribution is 2.32. The van der Waals surface area contributed by atoms with Crippen molar-refractivity contribution in [1.82, 2.24) is 14.1 Å². The van der Waals surface area contributed by atoms with Gasteiger partial charge in [-0.15, -0.1) is 0 Å². The van der Waals surface area contributed by atoms with E-state index in [1.807, 2.05) is 0 Å². The molecule has 0 bridgehead atoms. The summed E-state index contributed by atoms with van der Waals surface area (Å²) in [4.78, 5) is 12.8. The summed E-state index contributed by atoms with van der Waals surface area (Å²) in [6.45, 7) is 1.12. The monoisotopic (exact) mass is 560 g/mol. The number of halogens is 4. The van der Waals surface area contributed by atoms with Crippen LogP contribution in [0.25, 0.3) is 0 Å². The first-order chi connectivity index (χ1) is 16.2. The lowest BCUT2D eigenvalue weighted by molar-refractivity contribution is 0.102. The van der Waals surface area contributed by atoms with E-state index < -0.39 is 15.9 Å². The maximum atomic E-state index is 13.1. The summed E-state index contributed by atoms with van der Waals surface area (Å²) in [5.41, 5.74) is 0.672. The number of anilines is 1. The van der Waals surface area contributed by atoms with Gasteiger partial charge in [-0.1, -0.05) is 58.9 Å². The molecule has 1 amide bonds. The van der Waals surface area contributed by atoms with Crippen LogP contribution in [0.1, 0.15) is 35.2 Å². The van der Waals surface area contributed by atoms with Crippen molar-refractivity contribution in [3.8, 4) is 0 Å². The Labute approximate surface area is 217 Å². The second-order valence-corrected chi connectivity index (χ2v) is 11.3. The summed E-state index contributed by atoms with van der Waals surface area (Å²) in [6.07, 6.45) is 4.19. The number of hydrogen-bond acceptors (Lipinski definition) is 4. The molecular formula is C22H20Cl4N4O3S. The third kappa shape index (κ3) is 5.37. The fraction of sp³-hybridized carbons (Fsp3) is 0.273. The van der Waals surface area contributed by atoms with Gasteiger partial charge >= 0.3 is 0 Å². The van der Waals surface area contributed by atoms with Crippen molar-refractivity contribution < 1.29 is 13.2 Å². The Balaban J connectivity index is 1.55. The molecule has 0 radical (unpaired) electrons. The Hall–Kier alpha value is -1.81. The third-order valence-electron chi connectivity index (χ3n) is 5.46. The van der Waals surface area contributed by atoms with Crippen LogP contribution in [-0.2, 0) is 16.6 Å². The SMILES string of the molecule is O=C(Nc1ccn(Cc2c(Cl)cccc2Cl)n1)c1cc(S(=O)(=O)N2CCCCC2)c(Cl)cc1Cl. The largest absolute Gasteiger partial charge is 0.305 e. The standard InChI is InChI=1S/C22H20Cl4N4O3S/c23-16-5-4-6-17(24)15(16)13-29-10-7-21(28-29)27-22(31)14-11-20(19(26)12-18(14)25)34(32,33)30-8-2-1-3-9-30/h4-7,10-12H,1-3,8-9,13H2,(H,27,28,31). The zero-order valence-corrected chi connectivity index (χ0v) is 21.6. The summed E-state index contributed by atoms with van der Waals surface area (Å²) < 4.78 is 29.2. The average Bonchev–Trinajstić information content (AvgIpc) is 3.23. The number of rotatable bonds is 6. The predicted octanol–water partition coefficient (Wildman–Crippen LogP) is 5.97. The van der Waals surface area contributed by atoms with E-state index in [1.54, 1.807) is 35.1 Å². The highest BCUT2D eigenvalue weighted by atomic mass is 35.5. The number of piperidine rings is 1. The first-order valence-electron chi connectivity index (χ1n) is 10.4. The third-order valence-corrected chi connectivity index (χ3v) is 8.85.